The summed E-state index contributed by atoms with van der Waals surface area (Å²) in [4.78, 5) is 14.5. The quantitative estimate of drug-likeness (QED) is 0.869. The van der Waals surface area contributed by atoms with Gasteiger partial charge in [-0.1, -0.05) is 24.3 Å². The summed E-state index contributed by atoms with van der Waals surface area (Å²) in [5.41, 5.74) is 2.41. The minimum atomic E-state index is 0.0589. The molecule has 116 valence electrons. The normalized spacial score (nSPS) is 21.0. The van der Waals surface area contributed by atoms with E-state index in [1.165, 1.54) is 17.5 Å². The highest BCUT2D eigenvalue weighted by atomic mass is 16.2. The molecule has 1 aromatic carbocycles. The van der Waals surface area contributed by atoms with Crippen molar-refractivity contribution in [2.45, 2.75) is 38.8 Å². The molecular weight excluding hydrogens is 262 g/mol. The Kier molecular flexibility index (Phi) is 5.76. The van der Waals surface area contributed by atoms with Crippen molar-refractivity contribution < 1.29 is 4.79 Å². The van der Waals surface area contributed by atoms with Crippen molar-refractivity contribution in [3.63, 3.8) is 0 Å². The van der Waals surface area contributed by atoms with Crippen LogP contribution < -0.4 is 10.6 Å². The van der Waals surface area contributed by atoms with Gasteiger partial charge in [-0.15, -0.1) is 0 Å². The molecule has 2 N–H and O–H groups in total. The smallest absolute Gasteiger partial charge is 0.234 e. The third-order valence-corrected chi connectivity index (χ3v) is 4.31. The van der Waals surface area contributed by atoms with E-state index in [0.717, 1.165) is 19.5 Å². The molecule has 0 radical (unpaired) electrons. The molecule has 4 heteroatoms. The predicted molar refractivity (Wildman–Crippen MR) is 86.3 cm³/mol. The Bertz CT molecular complexity index is 475. The average Bonchev–Trinajstić information content (AvgIpc) is 2.47. The van der Waals surface area contributed by atoms with Gasteiger partial charge >= 0.3 is 0 Å². The first kappa shape index (κ1) is 16.0. The highest BCUT2D eigenvalue weighted by molar-refractivity contribution is 5.78. The second-order valence-electron chi connectivity index (χ2n) is 6.01. The van der Waals surface area contributed by atoms with E-state index in [-0.39, 0.29) is 11.9 Å². The molecule has 1 amide bonds. The molecule has 21 heavy (non-hydrogen) atoms. The largest absolute Gasteiger partial charge is 0.348 e. The zero-order chi connectivity index (χ0) is 15.2. The van der Waals surface area contributed by atoms with E-state index in [1.54, 1.807) is 0 Å². The number of carbonyl (C=O) groups excluding carboxylic acids is 1. The number of aryl methyl sites for hydroxylation is 1. The molecule has 1 aromatic rings. The van der Waals surface area contributed by atoms with Crippen molar-refractivity contribution in [1.29, 1.82) is 0 Å². The van der Waals surface area contributed by atoms with Crippen LogP contribution in [0.15, 0.2) is 24.3 Å². The fourth-order valence-corrected chi connectivity index (χ4v) is 3.08. The molecule has 1 saturated heterocycles. The summed E-state index contributed by atoms with van der Waals surface area (Å²) in [5, 5.41) is 6.42. The maximum atomic E-state index is 12.2. The molecule has 1 aliphatic rings. The summed E-state index contributed by atoms with van der Waals surface area (Å²) in [6.45, 7) is 6.61. The number of piperidine rings is 1. The van der Waals surface area contributed by atoms with Gasteiger partial charge in [0, 0.05) is 12.6 Å². The van der Waals surface area contributed by atoms with E-state index in [0.29, 0.717) is 12.6 Å². The number of rotatable bonds is 5. The van der Waals surface area contributed by atoms with Gasteiger partial charge in [-0.3, -0.25) is 9.69 Å². The van der Waals surface area contributed by atoms with Crippen LogP contribution in [0.25, 0.3) is 0 Å². The van der Waals surface area contributed by atoms with Gasteiger partial charge in [0.1, 0.15) is 0 Å². The second-order valence-corrected chi connectivity index (χ2v) is 6.01. The Morgan fingerprint density at radius 2 is 2.19 bits per heavy atom. The van der Waals surface area contributed by atoms with Crippen molar-refractivity contribution in [2.24, 2.45) is 0 Å². The highest BCUT2D eigenvalue weighted by Gasteiger charge is 2.21. The van der Waals surface area contributed by atoms with Gasteiger partial charge < -0.3 is 10.6 Å². The van der Waals surface area contributed by atoms with E-state index >= 15 is 0 Å². The highest BCUT2D eigenvalue weighted by Crippen LogP contribution is 2.16. The first-order valence-corrected chi connectivity index (χ1v) is 7.84. The number of carbonyl (C=O) groups is 1. The number of likely N-dealkylation sites (tertiary alicyclic amines) is 1. The van der Waals surface area contributed by atoms with Crippen LogP contribution in [0.1, 0.15) is 36.9 Å². The first-order valence-electron chi connectivity index (χ1n) is 7.84. The van der Waals surface area contributed by atoms with Crippen LogP contribution >= 0.6 is 0 Å². The maximum absolute atomic E-state index is 12.2. The zero-order valence-electron chi connectivity index (χ0n) is 13.4. The lowest BCUT2D eigenvalue weighted by Gasteiger charge is -2.32. The molecule has 0 aliphatic carbocycles. The minimum absolute atomic E-state index is 0.0589. The molecule has 2 unspecified atom stereocenters. The SMILES string of the molecule is CNC1CCCN(CC(=O)NC(C)c2ccccc2C)C1. The third-order valence-electron chi connectivity index (χ3n) is 4.31. The number of benzene rings is 1. The lowest BCUT2D eigenvalue weighted by Crippen LogP contribution is -2.48. The Hall–Kier alpha value is -1.39. The maximum Gasteiger partial charge on any atom is 0.234 e. The van der Waals surface area contributed by atoms with Crippen LogP contribution in [0.2, 0.25) is 0 Å². The minimum Gasteiger partial charge on any atom is -0.348 e. The molecule has 0 saturated carbocycles. The van der Waals surface area contributed by atoms with Gasteiger partial charge in [0.15, 0.2) is 0 Å². The second kappa shape index (κ2) is 7.57. The predicted octanol–water partition coefficient (Wildman–Crippen LogP) is 1.86. The van der Waals surface area contributed by atoms with E-state index < -0.39 is 0 Å². The number of amides is 1. The molecule has 0 aromatic heterocycles. The Labute approximate surface area is 127 Å². The van der Waals surface area contributed by atoms with Gasteiger partial charge in [0.05, 0.1) is 12.6 Å². The van der Waals surface area contributed by atoms with E-state index in [9.17, 15) is 4.79 Å². The average molecular weight is 289 g/mol. The molecule has 1 aliphatic heterocycles. The summed E-state index contributed by atoms with van der Waals surface area (Å²) in [5.74, 6) is 0.113. The lowest BCUT2D eigenvalue weighted by atomic mass is 10.0. The van der Waals surface area contributed by atoms with Crippen molar-refractivity contribution in [3.8, 4) is 0 Å². The number of hydrogen-bond donors (Lipinski definition) is 2. The van der Waals surface area contributed by atoms with Gasteiger partial charge in [-0.2, -0.15) is 0 Å². The molecule has 2 rings (SSSR count). The van der Waals surface area contributed by atoms with Gasteiger partial charge in [-0.05, 0) is 51.4 Å². The van der Waals surface area contributed by atoms with Gasteiger partial charge in [-0.25, -0.2) is 0 Å². The molecule has 0 spiro atoms. The third kappa shape index (κ3) is 4.55. The number of hydrogen-bond acceptors (Lipinski definition) is 3. The van der Waals surface area contributed by atoms with E-state index in [1.807, 2.05) is 26.1 Å². The van der Waals surface area contributed by atoms with Crippen LogP contribution in [-0.2, 0) is 4.79 Å². The summed E-state index contributed by atoms with van der Waals surface area (Å²) in [6, 6.07) is 8.79. The van der Waals surface area contributed by atoms with Crippen LogP contribution in [-0.4, -0.2) is 43.5 Å². The molecule has 1 heterocycles. The van der Waals surface area contributed by atoms with Crippen molar-refractivity contribution >= 4 is 5.91 Å². The summed E-state index contributed by atoms with van der Waals surface area (Å²) in [7, 11) is 1.99. The standard InChI is InChI=1S/C17H27N3O/c1-13-7-4-5-9-16(13)14(2)19-17(21)12-20-10-6-8-15(11-20)18-3/h4-5,7,9,14-15,18H,6,8,10-12H2,1-3H3,(H,19,21). The first-order chi connectivity index (χ1) is 10.1. The number of nitrogens with zero attached hydrogens (tertiary/aromatic N) is 1. The summed E-state index contributed by atoms with van der Waals surface area (Å²) >= 11 is 0. The van der Waals surface area contributed by atoms with Crippen molar-refractivity contribution in [3.05, 3.63) is 35.4 Å². The van der Waals surface area contributed by atoms with Crippen LogP contribution in [0.5, 0.6) is 0 Å². The Morgan fingerprint density at radius 3 is 2.90 bits per heavy atom. The topological polar surface area (TPSA) is 44.4 Å². The molecule has 0 bridgehead atoms. The fourth-order valence-electron chi connectivity index (χ4n) is 3.08. The Morgan fingerprint density at radius 1 is 1.43 bits per heavy atom. The fraction of sp³-hybridized carbons (Fsp3) is 0.588. The lowest BCUT2D eigenvalue weighted by molar-refractivity contribution is -0.123. The van der Waals surface area contributed by atoms with Crippen LogP contribution in [0.3, 0.4) is 0 Å². The molecular formula is C17H27N3O. The van der Waals surface area contributed by atoms with Crippen molar-refractivity contribution in [1.82, 2.24) is 15.5 Å². The molecule has 2 atom stereocenters. The van der Waals surface area contributed by atoms with Crippen LogP contribution in [0.4, 0.5) is 0 Å². The van der Waals surface area contributed by atoms with Gasteiger partial charge in [0.25, 0.3) is 0 Å². The molecule has 1 fully saturated rings. The Balaban J connectivity index is 1.85. The number of likely N-dealkylation sites (N-methyl/N-ethyl adjacent to an activating group) is 1. The molecule has 4 nitrogen and oxygen atoms in total. The number of nitrogens with one attached hydrogen (secondary N) is 2. The summed E-state index contributed by atoms with van der Waals surface area (Å²) < 4.78 is 0. The monoisotopic (exact) mass is 289 g/mol. The van der Waals surface area contributed by atoms with Crippen LogP contribution in [0, 0.1) is 6.92 Å². The van der Waals surface area contributed by atoms with E-state index in [4.69, 9.17) is 0 Å². The van der Waals surface area contributed by atoms with E-state index in [2.05, 4.69) is 34.6 Å². The van der Waals surface area contributed by atoms with Crippen molar-refractivity contribution in [2.75, 3.05) is 26.7 Å². The van der Waals surface area contributed by atoms with Gasteiger partial charge in [0.2, 0.25) is 5.91 Å². The summed E-state index contributed by atoms with van der Waals surface area (Å²) in [6.07, 6.45) is 2.36. The zero-order valence-corrected chi connectivity index (χ0v) is 13.4.